The van der Waals surface area contributed by atoms with Crippen molar-refractivity contribution in [2.45, 2.75) is 47.0 Å². The number of imide groups is 1. The molecule has 4 heteroatoms. The number of aryl methyl sites for hydroxylation is 3. The van der Waals surface area contributed by atoms with Gasteiger partial charge in [-0.15, -0.1) is 0 Å². The molecule has 0 aliphatic carbocycles. The normalized spacial score (nSPS) is 14.3. The fourth-order valence-electron chi connectivity index (χ4n) is 4.17. The summed E-state index contributed by atoms with van der Waals surface area (Å²) in [5.74, 6) is -0.669. The predicted molar refractivity (Wildman–Crippen MR) is 135 cm³/mol. The number of nitrogens with zero attached hydrogens (tertiary/aromatic N) is 1. The van der Waals surface area contributed by atoms with Gasteiger partial charge in [-0.3, -0.25) is 9.59 Å². The molecule has 168 valence electrons. The van der Waals surface area contributed by atoms with Gasteiger partial charge in [0.1, 0.15) is 5.70 Å². The van der Waals surface area contributed by atoms with E-state index in [0.717, 1.165) is 33.5 Å². The second kappa shape index (κ2) is 8.36. The molecular formula is C29H30N2O2. The van der Waals surface area contributed by atoms with Gasteiger partial charge in [-0.1, -0.05) is 68.8 Å². The minimum atomic E-state index is -0.349. The minimum Gasteiger partial charge on any atom is -0.350 e. The molecule has 2 amide bonds. The number of benzene rings is 3. The second-order valence-electron chi connectivity index (χ2n) is 9.86. The second-order valence-corrected chi connectivity index (χ2v) is 9.86. The molecule has 0 bridgehead atoms. The summed E-state index contributed by atoms with van der Waals surface area (Å²) in [4.78, 5) is 28.5. The van der Waals surface area contributed by atoms with Crippen LogP contribution in [0.3, 0.4) is 0 Å². The van der Waals surface area contributed by atoms with Crippen molar-refractivity contribution in [1.29, 1.82) is 0 Å². The lowest BCUT2D eigenvalue weighted by Crippen LogP contribution is -2.32. The summed E-state index contributed by atoms with van der Waals surface area (Å²) in [6, 6.07) is 21.4. The zero-order valence-electron chi connectivity index (χ0n) is 20.1. The van der Waals surface area contributed by atoms with Gasteiger partial charge in [0.2, 0.25) is 0 Å². The summed E-state index contributed by atoms with van der Waals surface area (Å²) >= 11 is 0. The van der Waals surface area contributed by atoms with Gasteiger partial charge in [0.25, 0.3) is 11.8 Å². The molecule has 1 N–H and O–H groups in total. The topological polar surface area (TPSA) is 49.4 Å². The van der Waals surface area contributed by atoms with Gasteiger partial charge >= 0.3 is 0 Å². The van der Waals surface area contributed by atoms with E-state index in [2.05, 4.69) is 32.2 Å². The van der Waals surface area contributed by atoms with Crippen LogP contribution in [-0.4, -0.2) is 11.8 Å². The van der Waals surface area contributed by atoms with Crippen LogP contribution in [0.25, 0.3) is 5.57 Å². The molecule has 0 spiro atoms. The van der Waals surface area contributed by atoms with Crippen molar-refractivity contribution in [3.05, 3.63) is 100 Å². The Bertz CT molecular complexity index is 1240. The van der Waals surface area contributed by atoms with E-state index in [9.17, 15) is 9.59 Å². The Morgan fingerprint density at radius 3 is 1.82 bits per heavy atom. The average Bonchev–Trinajstić information content (AvgIpc) is 2.97. The molecule has 1 aliphatic heterocycles. The van der Waals surface area contributed by atoms with Crippen molar-refractivity contribution >= 4 is 28.8 Å². The Kier molecular flexibility index (Phi) is 5.71. The van der Waals surface area contributed by atoms with Gasteiger partial charge in [-0.25, -0.2) is 4.90 Å². The zero-order valence-corrected chi connectivity index (χ0v) is 20.1. The first-order chi connectivity index (χ1) is 15.5. The number of hydrogen-bond acceptors (Lipinski definition) is 3. The molecule has 0 fully saturated rings. The van der Waals surface area contributed by atoms with Crippen LogP contribution >= 0.6 is 0 Å². The van der Waals surface area contributed by atoms with E-state index in [-0.39, 0.29) is 17.2 Å². The van der Waals surface area contributed by atoms with E-state index in [1.165, 1.54) is 4.90 Å². The third-order valence-corrected chi connectivity index (χ3v) is 5.91. The molecule has 4 rings (SSSR count). The van der Waals surface area contributed by atoms with Crippen molar-refractivity contribution in [3.8, 4) is 0 Å². The van der Waals surface area contributed by atoms with Gasteiger partial charge < -0.3 is 5.32 Å². The van der Waals surface area contributed by atoms with Crippen LogP contribution in [0.15, 0.2) is 72.4 Å². The highest BCUT2D eigenvalue weighted by Gasteiger charge is 2.40. The molecule has 1 aliphatic rings. The van der Waals surface area contributed by atoms with Gasteiger partial charge in [0.05, 0.1) is 11.3 Å². The van der Waals surface area contributed by atoms with Crippen molar-refractivity contribution in [3.63, 3.8) is 0 Å². The van der Waals surface area contributed by atoms with Crippen LogP contribution in [0.1, 0.15) is 48.6 Å². The molecule has 3 aromatic rings. The van der Waals surface area contributed by atoms with Gasteiger partial charge in [-0.05, 0) is 72.7 Å². The molecule has 4 nitrogen and oxygen atoms in total. The molecule has 0 saturated heterocycles. The van der Waals surface area contributed by atoms with Crippen LogP contribution in [0.2, 0.25) is 0 Å². The maximum atomic E-state index is 13.6. The highest BCUT2D eigenvalue weighted by Crippen LogP contribution is 2.35. The van der Waals surface area contributed by atoms with E-state index in [1.54, 1.807) is 0 Å². The van der Waals surface area contributed by atoms with Crippen LogP contribution in [0.5, 0.6) is 0 Å². The molecule has 3 aromatic carbocycles. The Labute approximate surface area is 195 Å². The molecule has 0 saturated carbocycles. The molecule has 0 atom stereocenters. The summed E-state index contributed by atoms with van der Waals surface area (Å²) in [5.41, 5.74) is 7.16. The molecule has 0 radical (unpaired) electrons. The lowest BCUT2D eigenvalue weighted by molar-refractivity contribution is -0.120. The summed E-state index contributed by atoms with van der Waals surface area (Å²) in [7, 11) is 0. The minimum absolute atomic E-state index is 0.0153. The van der Waals surface area contributed by atoms with Gasteiger partial charge in [-0.2, -0.15) is 0 Å². The maximum absolute atomic E-state index is 13.6. The Morgan fingerprint density at radius 2 is 1.27 bits per heavy atom. The Morgan fingerprint density at radius 1 is 0.697 bits per heavy atom. The van der Waals surface area contributed by atoms with E-state index < -0.39 is 0 Å². The number of rotatable bonds is 4. The number of hydrogen-bond donors (Lipinski definition) is 1. The highest BCUT2D eigenvalue weighted by molar-refractivity contribution is 6.46. The first-order valence-electron chi connectivity index (χ1n) is 11.2. The smallest absolute Gasteiger partial charge is 0.282 e. The molecule has 0 aromatic heterocycles. The molecule has 33 heavy (non-hydrogen) atoms. The lowest BCUT2D eigenvalue weighted by atomic mass is 9.87. The summed E-state index contributed by atoms with van der Waals surface area (Å²) < 4.78 is 0. The molecular weight excluding hydrogens is 408 g/mol. The van der Waals surface area contributed by atoms with Gasteiger partial charge in [0, 0.05) is 5.69 Å². The van der Waals surface area contributed by atoms with Crippen molar-refractivity contribution in [2.24, 2.45) is 0 Å². The average molecular weight is 439 g/mol. The first kappa shape index (κ1) is 22.5. The van der Waals surface area contributed by atoms with Gasteiger partial charge in [0.15, 0.2) is 0 Å². The number of anilines is 2. The SMILES string of the molecule is Cc1ccc(C2=C(Nc3cc(C)cc(C)c3)C(=O)N(c3ccc(C(C)(C)C)cc3)C2=O)cc1. The number of carbonyl (C=O) groups is 2. The van der Waals surface area contributed by atoms with E-state index in [1.807, 2.05) is 81.4 Å². The van der Waals surface area contributed by atoms with E-state index in [0.29, 0.717) is 17.0 Å². The van der Waals surface area contributed by atoms with Crippen LogP contribution in [-0.2, 0) is 15.0 Å². The predicted octanol–water partition coefficient (Wildman–Crippen LogP) is 6.31. The summed E-state index contributed by atoms with van der Waals surface area (Å²) in [6.07, 6.45) is 0. The van der Waals surface area contributed by atoms with Crippen LogP contribution < -0.4 is 10.2 Å². The Hall–Kier alpha value is -3.66. The first-order valence-corrected chi connectivity index (χ1v) is 11.2. The highest BCUT2D eigenvalue weighted by atomic mass is 16.2. The van der Waals surface area contributed by atoms with Crippen molar-refractivity contribution in [2.75, 3.05) is 10.2 Å². The summed E-state index contributed by atoms with van der Waals surface area (Å²) in [5, 5.41) is 3.27. The largest absolute Gasteiger partial charge is 0.350 e. The lowest BCUT2D eigenvalue weighted by Gasteiger charge is -2.21. The number of nitrogens with one attached hydrogen (secondary N) is 1. The standard InChI is InChI=1S/C29H30N2O2/c1-18-7-9-21(10-8-18)25-26(30-23-16-19(2)15-20(3)17-23)28(33)31(27(25)32)24-13-11-22(12-14-24)29(4,5)6/h7-17,30H,1-6H3. The molecule has 0 unspecified atom stereocenters. The van der Waals surface area contributed by atoms with Crippen molar-refractivity contribution < 1.29 is 9.59 Å². The van der Waals surface area contributed by atoms with E-state index in [4.69, 9.17) is 0 Å². The van der Waals surface area contributed by atoms with E-state index >= 15 is 0 Å². The quantitative estimate of drug-likeness (QED) is 0.486. The third kappa shape index (κ3) is 4.47. The fraction of sp³-hybridized carbons (Fsp3) is 0.241. The molecule has 1 heterocycles. The monoisotopic (exact) mass is 438 g/mol. The van der Waals surface area contributed by atoms with Crippen LogP contribution in [0.4, 0.5) is 11.4 Å². The summed E-state index contributed by atoms with van der Waals surface area (Å²) in [6.45, 7) is 12.4. The Balaban J connectivity index is 1.79. The fourth-order valence-corrected chi connectivity index (χ4v) is 4.17. The van der Waals surface area contributed by atoms with Crippen LogP contribution in [0, 0.1) is 20.8 Å². The third-order valence-electron chi connectivity index (χ3n) is 5.91. The maximum Gasteiger partial charge on any atom is 0.282 e. The number of carbonyl (C=O) groups excluding carboxylic acids is 2. The zero-order chi connectivity index (χ0) is 23.9. The van der Waals surface area contributed by atoms with Crippen molar-refractivity contribution in [1.82, 2.24) is 0 Å². The number of amides is 2.